The number of hydrogen-bond acceptors (Lipinski definition) is 4. The Hall–Kier alpha value is -2.14. The number of rotatable bonds is 4. The van der Waals surface area contributed by atoms with Gasteiger partial charge in [-0.15, -0.1) is 11.8 Å². The van der Waals surface area contributed by atoms with Crippen LogP contribution in [0.25, 0.3) is 0 Å². The normalized spacial score (nSPS) is 19.3. The van der Waals surface area contributed by atoms with E-state index in [0.29, 0.717) is 13.2 Å². The lowest BCUT2D eigenvalue weighted by Crippen LogP contribution is -2.35. The SMILES string of the molecule is C[C@@H](Sc1ccc2c(c1)OCCO2)C(=O)N[C@H]1CCCc2ccccc21. The molecular formula is C21H23NO3S. The molecule has 1 aliphatic heterocycles. The summed E-state index contributed by atoms with van der Waals surface area (Å²) in [4.78, 5) is 13.7. The van der Waals surface area contributed by atoms with Crippen molar-refractivity contribution in [1.29, 1.82) is 0 Å². The van der Waals surface area contributed by atoms with Crippen molar-refractivity contribution in [3.8, 4) is 11.5 Å². The van der Waals surface area contributed by atoms with Crippen molar-refractivity contribution in [2.75, 3.05) is 13.2 Å². The number of ether oxygens (including phenoxy) is 2. The first-order valence-electron chi connectivity index (χ1n) is 9.15. The van der Waals surface area contributed by atoms with E-state index < -0.39 is 0 Å². The Morgan fingerprint density at radius 2 is 1.96 bits per heavy atom. The summed E-state index contributed by atoms with van der Waals surface area (Å²) < 4.78 is 11.2. The van der Waals surface area contributed by atoms with Crippen molar-refractivity contribution in [2.24, 2.45) is 0 Å². The molecule has 0 spiro atoms. The molecule has 4 rings (SSSR count). The average Bonchev–Trinajstić information content (AvgIpc) is 2.68. The molecule has 1 aliphatic carbocycles. The van der Waals surface area contributed by atoms with E-state index in [1.54, 1.807) is 11.8 Å². The maximum absolute atomic E-state index is 12.7. The molecule has 1 heterocycles. The lowest BCUT2D eigenvalue weighted by molar-refractivity contribution is -0.121. The monoisotopic (exact) mass is 369 g/mol. The van der Waals surface area contributed by atoms with Gasteiger partial charge in [0.05, 0.1) is 11.3 Å². The van der Waals surface area contributed by atoms with E-state index in [1.807, 2.05) is 25.1 Å². The molecule has 26 heavy (non-hydrogen) atoms. The van der Waals surface area contributed by atoms with Gasteiger partial charge in [0, 0.05) is 4.90 Å². The zero-order valence-electron chi connectivity index (χ0n) is 14.9. The Kier molecular flexibility index (Phi) is 5.07. The smallest absolute Gasteiger partial charge is 0.233 e. The quantitative estimate of drug-likeness (QED) is 0.823. The third kappa shape index (κ3) is 3.68. The highest BCUT2D eigenvalue weighted by molar-refractivity contribution is 8.00. The molecule has 2 atom stereocenters. The topological polar surface area (TPSA) is 47.6 Å². The van der Waals surface area contributed by atoms with Gasteiger partial charge in [-0.1, -0.05) is 24.3 Å². The van der Waals surface area contributed by atoms with Gasteiger partial charge in [0.15, 0.2) is 11.5 Å². The molecule has 0 aromatic heterocycles. The average molecular weight is 369 g/mol. The Balaban J connectivity index is 1.41. The third-order valence-electron chi connectivity index (χ3n) is 4.88. The zero-order chi connectivity index (χ0) is 17.9. The highest BCUT2D eigenvalue weighted by Crippen LogP contribution is 2.36. The van der Waals surface area contributed by atoms with Crippen LogP contribution in [0.1, 0.15) is 36.9 Å². The van der Waals surface area contributed by atoms with E-state index in [0.717, 1.165) is 35.7 Å². The van der Waals surface area contributed by atoms with E-state index in [4.69, 9.17) is 9.47 Å². The predicted molar refractivity (Wildman–Crippen MR) is 103 cm³/mol. The van der Waals surface area contributed by atoms with E-state index in [9.17, 15) is 4.79 Å². The van der Waals surface area contributed by atoms with Crippen LogP contribution < -0.4 is 14.8 Å². The molecule has 5 heteroatoms. The van der Waals surface area contributed by atoms with Crippen molar-refractivity contribution in [3.05, 3.63) is 53.6 Å². The molecule has 0 saturated carbocycles. The molecule has 0 bridgehead atoms. The van der Waals surface area contributed by atoms with Gasteiger partial charge in [-0.05, 0) is 55.5 Å². The van der Waals surface area contributed by atoms with E-state index in [-0.39, 0.29) is 17.2 Å². The van der Waals surface area contributed by atoms with Gasteiger partial charge in [0.2, 0.25) is 5.91 Å². The molecule has 4 nitrogen and oxygen atoms in total. The maximum atomic E-state index is 12.7. The van der Waals surface area contributed by atoms with E-state index in [1.165, 1.54) is 11.1 Å². The minimum atomic E-state index is -0.174. The summed E-state index contributed by atoms with van der Waals surface area (Å²) in [7, 11) is 0. The number of thioether (sulfide) groups is 1. The minimum absolute atomic E-state index is 0.0755. The summed E-state index contributed by atoms with van der Waals surface area (Å²) in [5.74, 6) is 1.61. The largest absolute Gasteiger partial charge is 0.486 e. The van der Waals surface area contributed by atoms with Crippen LogP contribution in [0.15, 0.2) is 47.4 Å². The summed E-state index contributed by atoms with van der Waals surface area (Å²) in [6, 6.07) is 14.4. The van der Waals surface area contributed by atoms with Crippen molar-refractivity contribution in [3.63, 3.8) is 0 Å². The molecule has 2 aliphatic rings. The number of fused-ring (bicyclic) bond motifs is 2. The van der Waals surface area contributed by atoms with Crippen LogP contribution >= 0.6 is 11.8 Å². The number of hydrogen-bond donors (Lipinski definition) is 1. The fourth-order valence-electron chi connectivity index (χ4n) is 3.55. The van der Waals surface area contributed by atoms with Crippen LogP contribution in [0.4, 0.5) is 0 Å². The number of carbonyl (C=O) groups is 1. The molecule has 0 fully saturated rings. The molecular weight excluding hydrogens is 346 g/mol. The Labute approximate surface area is 158 Å². The van der Waals surface area contributed by atoms with Crippen molar-refractivity contribution < 1.29 is 14.3 Å². The first kappa shape index (κ1) is 17.3. The molecule has 0 radical (unpaired) electrons. The first-order chi connectivity index (χ1) is 12.7. The van der Waals surface area contributed by atoms with Gasteiger partial charge in [0.1, 0.15) is 13.2 Å². The second kappa shape index (κ2) is 7.62. The van der Waals surface area contributed by atoms with E-state index in [2.05, 4.69) is 29.6 Å². The number of aryl methyl sites for hydroxylation is 1. The Morgan fingerprint density at radius 1 is 1.15 bits per heavy atom. The molecule has 2 aromatic carbocycles. The van der Waals surface area contributed by atoms with E-state index >= 15 is 0 Å². The summed E-state index contributed by atoms with van der Waals surface area (Å²) in [6.45, 7) is 3.10. The summed E-state index contributed by atoms with van der Waals surface area (Å²) in [6.07, 6.45) is 3.22. The maximum Gasteiger partial charge on any atom is 0.233 e. The van der Waals surface area contributed by atoms with Crippen LogP contribution in [-0.2, 0) is 11.2 Å². The van der Waals surface area contributed by atoms with Crippen LogP contribution in [0, 0.1) is 0 Å². The van der Waals surface area contributed by atoms with Crippen LogP contribution in [-0.4, -0.2) is 24.4 Å². The van der Waals surface area contributed by atoms with Gasteiger partial charge in [-0.3, -0.25) is 4.79 Å². The predicted octanol–water partition coefficient (Wildman–Crippen LogP) is 4.13. The van der Waals surface area contributed by atoms with Gasteiger partial charge in [0.25, 0.3) is 0 Å². The summed E-state index contributed by atoms with van der Waals surface area (Å²) in [5, 5.41) is 3.07. The fourth-order valence-corrected chi connectivity index (χ4v) is 4.45. The molecule has 0 unspecified atom stereocenters. The number of amides is 1. The zero-order valence-corrected chi connectivity index (χ0v) is 15.7. The van der Waals surface area contributed by atoms with Crippen LogP contribution in [0.3, 0.4) is 0 Å². The highest BCUT2D eigenvalue weighted by atomic mass is 32.2. The second-order valence-electron chi connectivity index (χ2n) is 6.72. The molecule has 0 saturated heterocycles. The fraction of sp³-hybridized carbons (Fsp3) is 0.381. The molecule has 136 valence electrons. The Bertz CT molecular complexity index is 808. The number of carbonyl (C=O) groups excluding carboxylic acids is 1. The van der Waals surface area contributed by atoms with Gasteiger partial charge in [-0.2, -0.15) is 0 Å². The second-order valence-corrected chi connectivity index (χ2v) is 8.13. The number of nitrogens with one attached hydrogen (secondary N) is 1. The molecule has 1 amide bonds. The van der Waals surface area contributed by atoms with Crippen molar-refractivity contribution in [1.82, 2.24) is 5.32 Å². The van der Waals surface area contributed by atoms with Gasteiger partial charge >= 0.3 is 0 Å². The standard InChI is InChI=1S/C21H23NO3S/c1-14(26-16-9-10-19-20(13-16)25-12-11-24-19)21(23)22-18-8-4-6-15-5-2-3-7-17(15)18/h2-3,5,7,9-10,13-14,18H,4,6,8,11-12H2,1H3,(H,22,23)/t14-,18+/m1/s1. The van der Waals surface area contributed by atoms with Crippen molar-refractivity contribution >= 4 is 17.7 Å². The van der Waals surface area contributed by atoms with Crippen LogP contribution in [0.5, 0.6) is 11.5 Å². The summed E-state index contributed by atoms with van der Waals surface area (Å²) >= 11 is 1.55. The lowest BCUT2D eigenvalue weighted by Gasteiger charge is -2.27. The van der Waals surface area contributed by atoms with Gasteiger partial charge < -0.3 is 14.8 Å². The Morgan fingerprint density at radius 3 is 2.85 bits per heavy atom. The first-order valence-corrected chi connectivity index (χ1v) is 10.0. The summed E-state index contributed by atoms with van der Waals surface area (Å²) in [5.41, 5.74) is 2.62. The third-order valence-corrected chi connectivity index (χ3v) is 5.98. The highest BCUT2D eigenvalue weighted by Gasteiger charge is 2.24. The van der Waals surface area contributed by atoms with Crippen molar-refractivity contribution in [2.45, 2.75) is 42.4 Å². The number of benzene rings is 2. The van der Waals surface area contributed by atoms with Gasteiger partial charge in [-0.25, -0.2) is 0 Å². The molecule has 2 aromatic rings. The minimum Gasteiger partial charge on any atom is -0.486 e. The van der Waals surface area contributed by atoms with Crippen LogP contribution in [0.2, 0.25) is 0 Å². The molecule has 1 N–H and O–H groups in total. The lowest BCUT2D eigenvalue weighted by atomic mass is 9.88.